The molecule has 6 nitrogen and oxygen atoms in total. The van der Waals surface area contributed by atoms with E-state index >= 15 is 0 Å². The first-order valence-electron chi connectivity index (χ1n) is 8.51. The number of methoxy groups -OCH3 is 1. The normalized spacial score (nSPS) is 11.8. The van der Waals surface area contributed by atoms with Crippen LogP contribution in [0, 0.1) is 0 Å². The lowest BCUT2D eigenvalue weighted by Crippen LogP contribution is -2.19. The number of rotatable bonds is 4. The van der Waals surface area contributed by atoms with Crippen LogP contribution in [0.1, 0.15) is 10.4 Å². The van der Waals surface area contributed by atoms with Crippen molar-refractivity contribution < 1.29 is 13.9 Å². The monoisotopic (exact) mass is 392 g/mol. The summed E-state index contributed by atoms with van der Waals surface area (Å²) < 4.78 is 13.6. The Kier molecular flexibility index (Phi) is 4.67. The smallest absolute Gasteiger partial charge is 0.286 e. The number of nitrogens with zero attached hydrogens (tertiary/aromatic N) is 2. The van der Waals surface area contributed by atoms with Crippen molar-refractivity contribution in [1.82, 2.24) is 4.57 Å². The van der Waals surface area contributed by atoms with E-state index in [9.17, 15) is 9.59 Å². The van der Waals surface area contributed by atoms with Gasteiger partial charge >= 0.3 is 0 Å². The van der Waals surface area contributed by atoms with E-state index in [1.54, 1.807) is 37.5 Å². The van der Waals surface area contributed by atoms with Crippen molar-refractivity contribution in [1.29, 1.82) is 0 Å². The van der Waals surface area contributed by atoms with E-state index < -0.39 is 11.3 Å². The van der Waals surface area contributed by atoms with Crippen LogP contribution in [0.25, 0.3) is 21.2 Å². The van der Waals surface area contributed by atoms with Crippen LogP contribution in [0.2, 0.25) is 0 Å². The molecule has 0 radical (unpaired) electrons. The molecule has 0 aliphatic carbocycles. The number of ether oxygens (including phenoxy) is 1. The fraction of sp³-hybridized carbons (Fsp3) is 0.0952. The number of para-hydroxylation sites is 2. The van der Waals surface area contributed by atoms with Crippen molar-refractivity contribution in [3.05, 3.63) is 82.0 Å². The second-order valence-electron chi connectivity index (χ2n) is 5.98. The number of fused-ring (bicyclic) bond motifs is 2. The molecule has 0 fully saturated rings. The van der Waals surface area contributed by atoms with Crippen LogP contribution in [0.3, 0.4) is 0 Å². The molecule has 7 heteroatoms. The molecular formula is C21H16N2O4S. The maximum atomic E-state index is 12.8. The average Bonchev–Trinajstić information content (AvgIpc) is 3.06. The lowest BCUT2D eigenvalue weighted by atomic mass is 10.2. The van der Waals surface area contributed by atoms with Gasteiger partial charge in [-0.2, -0.15) is 4.99 Å². The Morgan fingerprint density at radius 3 is 2.89 bits per heavy atom. The quantitative estimate of drug-likeness (QED) is 0.496. The molecule has 2 aromatic carbocycles. The van der Waals surface area contributed by atoms with Crippen LogP contribution in [0.15, 0.2) is 75.6 Å². The zero-order valence-corrected chi connectivity index (χ0v) is 15.9. The Morgan fingerprint density at radius 2 is 2.11 bits per heavy atom. The van der Waals surface area contributed by atoms with Crippen LogP contribution in [0.4, 0.5) is 0 Å². The number of thiazole rings is 1. The molecule has 2 heterocycles. The molecule has 0 spiro atoms. The van der Waals surface area contributed by atoms with E-state index in [-0.39, 0.29) is 5.56 Å². The molecule has 0 atom stereocenters. The van der Waals surface area contributed by atoms with Crippen LogP contribution in [-0.2, 0) is 6.54 Å². The number of amides is 1. The molecule has 0 unspecified atom stereocenters. The highest BCUT2D eigenvalue weighted by atomic mass is 32.1. The Bertz CT molecular complexity index is 1340. The lowest BCUT2D eigenvalue weighted by Gasteiger charge is -2.06. The van der Waals surface area contributed by atoms with Crippen LogP contribution in [0.5, 0.6) is 5.75 Å². The molecule has 28 heavy (non-hydrogen) atoms. The van der Waals surface area contributed by atoms with Gasteiger partial charge in [0.15, 0.2) is 4.80 Å². The van der Waals surface area contributed by atoms with Crippen molar-refractivity contribution in [2.24, 2.45) is 4.99 Å². The molecule has 0 aliphatic rings. The van der Waals surface area contributed by atoms with Crippen molar-refractivity contribution >= 4 is 38.4 Å². The predicted octanol–water partition coefficient (Wildman–Crippen LogP) is 3.74. The number of aromatic nitrogens is 1. The van der Waals surface area contributed by atoms with Crippen LogP contribution < -0.4 is 15.0 Å². The Morgan fingerprint density at radius 1 is 1.29 bits per heavy atom. The summed E-state index contributed by atoms with van der Waals surface area (Å²) in [6.07, 6.45) is 2.88. The minimum atomic E-state index is -0.650. The molecule has 4 rings (SSSR count). The van der Waals surface area contributed by atoms with E-state index in [1.165, 1.54) is 17.6 Å². The van der Waals surface area contributed by atoms with Gasteiger partial charge in [-0.1, -0.05) is 35.6 Å². The minimum Gasteiger partial charge on any atom is -0.495 e. The van der Waals surface area contributed by atoms with Gasteiger partial charge in [-0.05, 0) is 24.3 Å². The molecule has 0 saturated carbocycles. The highest BCUT2D eigenvalue weighted by Gasteiger charge is 2.16. The second-order valence-corrected chi connectivity index (χ2v) is 6.99. The van der Waals surface area contributed by atoms with E-state index in [2.05, 4.69) is 11.6 Å². The zero-order chi connectivity index (χ0) is 19.7. The summed E-state index contributed by atoms with van der Waals surface area (Å²) in [5.41, 5.74) is 0.752. The minimum absolute atomic E-state index is 0.103. The summed E-state index contributed by atoms with van der Waals surface area (Å²) in [7, 11) is 1.59. The SMILES string of the molecule is C=CCn1c(=NC(=O)c2coc3ccccc3c2=O)sc2cccc(OC)c21. The van der Waals surface area contributed by atoms with Gasteiger partial charge in [0, 0.05) is 6.54 Å². The summed E-state index contributed by atoms with van der Waals surface area (Å²) >= 11 is 1.34. The third-order valence-corrected chi connectivity index (χ3v) is 5.35. The van der Waals surface area contributed by atoms with Crippen molar-refractivity contribution in [3.8, 4) is 5.75 Å². The second kappa shape index (κ2) is 7.28. The third kappa shape index (κ3) is 2.95. The summed E-state index contributed by atoms with van der Waals surface area (Å²) in [5.74, 6) is 0.0255. The molecule has 140 valence electrons. The van der Waals surface area contributed by atoms with Crippen molar-refractivity contribution in [3.63, 3.8) is 0 Å². The molecule has 4 aromatic rings. The predicted molar refractivity (Wildman–Crippen MR) is 109 cm³/mol. The van der Waals surface area contributed by atoms with Gasteiger partial charge in [0.2, 0.25) is 5.43 Å². The molecule has 0 N–H and O–H groups in total. The Balaban J connectivity index is 1.92. The van der Waals surface area contributed by atoms with Gasteiger partial charge in [0.25, 0.3) is 5.91 Å². The number of benzene rings is 2. The molecule has 0 saturated heterocycles. The van der Waals surface area contributed by atoms with Crippen LogP contribution >= 0.6 is 11.3 Å². The van der Waals surface area contributed by atoms with E-state index in [0.717, 1.165) is 10.2 Å². The van der Waals surface area contributed by atoms with Crippen LogP contribution in [-0.4, -0.2) is 17.6 Å². The summed E-state index contributed by atoms with van der Waals surface area (Å²) in [4.78, 5) is 30.1. The van der Waals surface area contributed by atoms with Gasteiger partial charge in [-0.15, -0.1) is 6.58 Å². The fourth-order valence-electron chi connectivity index (χ4n) is 3.02. The van der Waals surface area contributed by atoms with Crippen molar-refractivity contribution in [2.75, 3.05) is 7.11 Å². The number of carbonyl (C=O) groups excluding carboxylic acids is 1. The van der Waals surface area contributed by atoms with Gasteiger partial charge in [-0.3, -0.25) is 9.59 Å². The molecule has 1 amide bonds. The number of allylic oxidation sites excluding steroid dienone is 1. The Labute approximate surface area is 163 Å². The average molecular weight is 392 g/mol. The Hall–Kier alpha value is -3.45. The maximum absolute atomic E-state index is 12.8. The van der Waals surface area contributed by atoms with Gasteiger partial charge in [0.1, 0.15) is 28.7 Å². The first-order chi connectivity index (χ1) is 13.6. The summed E-state index contributed by atoms with van der Waals surface area (Å²) in [6, 6.07) is 12.4. The molecule has 2 aromatic heterocycles. The van der Waals surface area contributed by atoms with Gasteiger partial charge in [0.05, 0.1) is 17.2 Å². The van der Waals surface area contributed by atoms with Crippen molar-refractivity contribution in [2.45, 2.75) is 6.54 Å². The third-order valence-electron chi connectivity index (χ3n) is 4.30. The van der Waals surface area contributed by atoms with E-state index in [1.807, 2.05) is 22.8 Å². The summed E-state index contributed by atoms with van der Waals surface area (Å²) in [6.45, 7) is 4.22. The number of hydrogen-bond donors (Lipinski definition) is 0. The largest absolute Gasteiger partial charge is 0.495 e. The first kappa shape index (κ1) is 17.9. The maximum Gasteiger partial charge on any atom is 0.286 e. The number of hydrogen-bond acceptors (Lipinski definition) is 5. The molecule has 0 bridgehead atoms. The standard InChI is InChI=1S/C21H16N2O4S/c1-3-11-23-18-16(26-2)9-6-10-17(18)28-21(23)22-20(25)14-12-27-15-8-5-4-7-13(15)19(14)24/h3-10,12H,1,11H2,2H3. The molecule has 0 aliphatic heterocycles. The topological polar surface area (TPSA) is 73.8 Å². The highest BCUT2D eigenvalue weighted by Crippen LogP contribution is 2.27. The van der Waals surface area contributed by atoms with E-state index in [0.29, 0.717) is 28.1 Å². The summed E-state index contributed by atoms with van der Waals surface area (Å²) in [5, 5.41) is 0.348. The molecular weight excluding hydrogens is 376 g/mol. The highest BCUT2D eigenvalue weighted by molar-refractivity contribution is 7.16. The fourth-order valence-corrected chi connectivity index (χ4v) is 4.07. The number of carbonyl (C=O) groups is 1. The van der Waals surface area contributed by atoms with E-state index in [4.69, 9.17) is 9.15 Å². The first-order valence-corrected chi connectivity index (χ1v) is 9.32. The zero-order valence-electron chi connectivity index (χ0n) is 15.0. The van der Waals surface area contributed by atoms with Gasteiger partial charge < -0.3 is 13.7 Å². The van der Waals surface area contributed by atoms with Gasteiger partial charge in [-0.25, -0.2) is 0 Å². The lowest BCUT2D eigenvalue weighted by molar-refractivity contribution is 0.0995.